The number of rotatable bonds is 5. The summed E-state index contributed by atoms with van der Waals surface area (Å²) >= 11 is 16.0. The topological polar surface area (TPSA) is 0 Å². The quantitative estimate of drug-likeness (QED) is 0.562. The standard InChI is InChI=1S/C17H16BrCl2F/c1-12-4-2-3-5-15(12)17(10-19,11-20)9-13-6-7-14(21)8-16(13)18/h2-8H,9-11H2,1H3. The van der Waals surface area contributed by atoms with E-state index in [-0.39, 0.29) is 11.2 Å². The lowest BCUT2D eigenvalue weighted by Crippen LogP contribution is -2.34. The molecule has 0 saturated carbocycles. The van der Waals surface area contributed by atoms with Crippen LogP contribution in [0.5, 0.6) is 0 Å². The maximum Gasteiger partial charge on any atom is 0.124 e. The van der Waals surface area contributed by atoms with Crippen molar-refractivity contribution in [2.75, 3.05) is 11.8 Å². The van der Waals surface area contributed by atoms with Crippen LogP contribution in [0.15, 0.2) is 46.9 Å². The molecule has 21 heavy (non-hydrogen) atoms. The van der Waals surface area contributed by atoms with Gasteiger partial charge in [0.15, 0.2) is 0 Å². The highest BCUT2D eigenvalue weighted by molar-refractivity contribution is 9.10. The van der Waals surface area contributed by atoms with Crippen LogP contribution < -0.4 is 0 Å². The van der Waals surface area contributed by atoms with Crippen molar-refractivity contribution < 1.29 is 4.39 Å². The van der Waals surface area contributed by atoms with E-state index in [1.807, 2.05) is 12.1 Å². The van der Waals surface area contributed by atoms with E-state index < -0.39 is 0 Å². The number of hydrogen-bond donors (Lipinski definition) is 0. The van der Waals surface area contributed by atoms with Crippen LogP contribution in [0.25, 0.3) is 0 Å². The van der Waals surface area contributed by atoms with Gasteiger partial charge in [0.05, 0.1) is 0 Å². The number of hydrogen-bond acceptors (Lipinski definition) is 0. The molecule has 0 nitrogen and oxygen atoms in total. The second kappa shape index (κ2) is 7.13. The van der Waals surface area contributed by atoms with Gasteiger partial charge in [0.2, 0.25) is 0 Å². The lowest BCUT2D eigenvalue weighted by atomic mass is 9.77. The van der Waals surface area contributed by atoms with Gasteiger partial charge in [-0.15, -0.1) is 23.2 Å². The first-order valence-corrected chi connectivity index (χ1v) is 8.50. The molecule has 0 N–H and O–H groups in total. The monoisotopic (exact) mass is 388 g/mol. The first-order chi connectivity index (χ1) is 10.0. The van der Waals surface area contributed by atoms with E-state index in [2.05, 4.69) is 35.0 Å². The Kier molecular flexibility index (Phi) is 5.70. The van der Waals surface area contributed by atoms with Crippen LogP contribution >= 0.6 is 39.1 Å². The molecule has 2 aromatic carbocycles. The van der Waals surface area contributed by atoms with Gasteiger partial charge in [-0.25, -0.2) is 4.39 Å². The highest BCUT2D eigenvalue weighted by atomic mass is 79.9. The van der Waals surface area contributed by atoms with Crippen molar-refractivity contribution in [2.24, 2.45) is 0 Å². The Bertz CT molecular complexity index is 624. The molecule has 0 aromatic heterocycles. The van der Waals surface area contributed by atoms with Crippen molar-refractivity contribution in [3.8, 4) is 0 Å². The summed E-state index contributed by atoms with van der Waals surface area (Å²) in [7, 11) is 0. The Morgan fingerprint density at radius 2 is 1.76 bits per heavy atom. The summed E-state index contributed by atoms with van der Waals surface area (Å²) in [5.74, 6) is 0.556. The molecule has 0 aliphatic heterocycles. The third-order valence-electron chi connectivity index (χ3n) is 3.77. The molecule has 0 atom stereocenters. The number of halogens is 4. The minimum absolute atomic E-state index is 0.260. The Morgan fingerprint density at radius 1 is 1.10 bits per heavy atom. The van der Waals surface area contributed by atoms with E-state index in [9.17, 15) is 4.39 Å². The number of alkyl halides is 2. The van der Waals surface area contributed by atoms with Crippen molar-refractivity contribution in [1.29, 1.82) is 0 Å². The summed E-state index contributed by atoms with van der Waals surface area (Å²) < 4.78 is 14.0. The summed E-state index contributed by atoms with van der Waals surface area (Å²) in [5.41, 5.74) is 2.94. The van der Waals surface area contributed by atoms with Crippen LogP contribution in [0, 0.1) is 12.7 Å². The van der Waals surface area contributed by atoms with Crippen LogP contribution in [0.4, 0.5) is 4.39 Å². The van der Waals surface area contributed by atoms with E-state index in [0.29, 0.717) is 18.2 Å². The van der Waals surface area contributed by atoms with Crippen molar-refractivity contribution in [3.63, 3.8) is 0 Å². The summed E-state index contributed by atoms with van der Waals surface area (Å²) in [4.78, 5) is 0. The van der Waals surface area contributed by atoms with E-state index >= 15 is 0 Å². The fourth-order valence-electron chi connectivity index (χ4n) is 2.57. The van der Waals surface area contributed by atoms with Crippen LogP contribution in [0.1, 0.15) is 16.7 Å². The summed E-state index contributed by atoms with van der Waals surface area (Å²) in [5, 5.41) is 0. The highest BCUT2D eigenvalue weighted by Gasteiger charge is 2.32. The number of benzene rings is 2. The van der Waals surface area contributed by atoms with Gasteiger partial charge in [0.1, 0.15) is 5.82 Å². The molecule has 0 bridgehead atoms. The Balaban J connectivity index is 2.46. The molecule has 0 spiro atoms. The molecule has 0 aliphatic carbocycles. The average Bonchev–Trinajstić information content (AvgIpc) is 2.48. The zero-order chi connectivity index (χ0) is 15.5. The molecule has 0 aliphatic rings. The first-order valence-electron chi connectivity index (χ1n) is 6.64. The zero-order valence-electron chi connectivity index (χ0n) is 11.7. The molecular weight excluding hydrogens is 374 g/mol. The molecule has 0 unspecified atom stereocenters. The molecule has 2 aromatic rings. The lowest BCUT2D eigenvalue weighted by molar-refractivity contribution is 0.530. The molecule has 2 rings (SSSR count). The largest absolute Gasteiger partial charge is 0.207 e. The normalized spacial score (nSPS) is 11.7. The second-order valence-electron chi connectivity index (χ2n) is 5.28. The van der Waals surface area contributed by atoms with Gasteiger partial charge in [0.25, 0.3) is 0 Å². The molecule has 0 amide bonds. The van der Waals surface area contributed by atoms with Gasteiger partial charge in [0, 0.05) is 21.6 Å². The predicted molar refractivity (Wildman–Crippen MR) is 92.1 cm³/mol. The predicted octanol–water partition coefficient (Wildman–Crippen LogP) is 5.85. The van der Waals surface area contributed by atoms with Crippen molar-refractivity contribution in [1.82, 2.24) is 0 Å². The van der Waals surface area contributed by atoms with Gasteiger partial charge in [-0.3, -0.25) is 0 Å². The van der Waals surface area contributed by atoms with E-state index in [1.165, 1.54) is 12.1 Å². The summed E-state index contributed by atoms with van der Waals surface area (Å²) in [6, 6.07) is 12.8. The van der Waals surface area contributed by atoms with Crippen molar-refractivity contribution in [2.45, 2.75) is 18.8 Å². The van der Waals surface area contributed by atoms with E-state index in [4.69, 9.17) is 23.2 Å². The maximum absolute atomic E-state index is 13.2. The third kappa shape index (κ3) is 3.61. The van der Waals surface area contributed by atoms with Gasteiger partial charge in [-0.1, -0.05) is 46.3 Å². The van der Waals surface area contributed by atoms with Crippen LogP contribution in [-0.4, -0.2) is 11.8 Å². The van der Waals surface area contributed by atoms with Gasteiger partial charge in [-0.2, -0.15) is 0 Å². The average molecular weight is 390 g/mol. The molecule has 0 radical (unpaired) electrons. The molecule has 0 saturated heterocycles. The molecule has 4 heteroatoms. The molecule has 0 heterocycles. The zero-order valence-corrected chi connectivity index (χ0v) is 14.8. The smallest absolute Gasteiger partial charge is 0.124 e. The number of aryl methyl sites for hydroxylation is 1. The second-order valence-corrected chi connectivity index (χ2v) is 6.66. The highest BCUT2D eigenvalue weighted by Crippen LogP contribution is 2.35. The van der Waals surface area contributed by atoms with Crippen molar-refractivity contribution >= 4 is 39.1 Å². The Hall–Kier alpha value is -0.570. The minimum Gasteiger partial charge on any atom is -0.207 e. The van der Waals surface area contributed by atoms with Crippen LogP contribution in [-0.2, 0) is 11.8 Å². The van der Waals surface area contributed by atoms with E-state index in [0.717, 1.165) is 21.2 Å². The third-order valence-corrected chi connectivity index (χ3v) is 5.53. The van der Waals surface area contributed by atoms with E-state index in [1.54, 1.807) is 6.07 Å². The van der Waals surface area contributed by atoms with Gasteiger partial charge in [-0.05, 0) is 42.2 Å². The Labute approximate surface area is 143 Å². The SMILES string of the molecule is Cc1ccccc1C(CCl)(CCl)Cc1ccc(F)cc1Br. The van der Waals surface area contributed by atoms with Crippen LogP contribution in [0.2, 0.25) is 0 Å². The Morgan fingerprint density at radius 3 is 2.33 bits per heavy atom. The van der Waals surface area contributed by atoms with Gasteiger partial charge >= 0.3 is 0 Å². The van der Waals surface area contributed by atoms with Crippen LogP contribution in [0.3, 0.4) is 0 Å². The fourth-order valence-corrected chi connectivity index (χ4v) is 3.82. The molecule has 112 valence electrons. The fraction of sp³-hybridized carbons (Fsp3) is 0.294. The molecule has 0 fully saturated rings. The van der Waals surface area contributed by atoms with Gasteiger partial charge < -0.3 is 0 Å². The molecular formula is C17H16BrCl2F. The maximum atomic E-state index is 13.2. The first kappa shape index (κ1) is 16.8. The minimum atomic E-state index is -0.366. The summed E-state index contributed by atoms with van der Waals surface area (Å²) in [6.07, 6.45) is 0.658. The van der Waals surface area contributed by atoms with Crippen molar-refractivity contribution in [3.05, 3.63) is 69.4 Å². The lowest BCUT2D eigenvalue weighted by Gasteiger charge is -2.32. The summed E-state index contributed by atoms with van der Waals surface area (Å²) in [6.45, 7) is 2.06.